The van der Waals surface area contributed by atoms with Crippen LogP contribution in [0.5, 0.6) is 5.75 Å². The number of hydrogen-bond acceptors (Lipinski definition) is 5. The van der Waals surface area contributed by atoms with Crippen LogP contribution in [0, 0.1) is 13.8 Å². The Balaban J connectivity index is 1.74. The quantitative estimate of drug-likeness (QED) is 0.779. The zero-order valence-electron chi connectivity index (χ0n) is 15.1. The van der Waals surface area contributed by atoms with E-state index in [0.717, 1.165) is 22.6 Å². The number of anilines is 1. The Morgan fingerprint density at radius 1 is 1.08 bits per heavy atom. The van der Waals surface area contributed by atoms with Gasteiger partial charge in [-0.05, 0) is 77.7 Å². The third-order valence-corrected chi connectivity index (χ3v) is 4.68. The highest BCUT2D eigenvalue weighted by molar-refractivity contribution is 5.77. The third-order valence-electron chi connectivity index (χ3n) is 4.68. The summed E-state index contributed by atoms with van der Waals surface area (Å²) in [6.07, 6.45) is 2.16. The number of rotatable bonds is 4. The average Bonchev–Trinajstić information content (AvgIpc) is 3.13. The maximum atomic E-state index is 5.54. The van der Waals surface area contributed by atoms with Crippen LogP contribution in [0.4, 0.5) is 5.95 Å². The van der Waals surface area contributed by atoms with Crippen molar-refractivity contribution in [1.29, 1.82) is 0 Å². The number of nitrogens with zero attached hydrogens (tertiary/aromatic N) is 4. The predicted octanol–water partition coefficient (Wildman–Crippen LogP) is 3.74. The molecule has 0 aliphatic carbocycles. The fourth-order valence-corrected chi connectivity index (χ4v) is 3.10. The van der Waals surface area contributed by atoms with Crippen LogP contribution in [0.2, 0.25) is 0 Å². The van der Waals surface area contributed by atoms with Crippen LogP contribution < -0.4 is 10.1 Å². The van der Waals surface area contributed by atoms with E-state index < -0.39 is 0 Å². The van der Waals surface area contributed by atoms with Crippen molar-refractivity contribution in [3.63, 3.8) is 0 Å². The van der Waals surface area contributed by atoms with Gasteiger partial charge in [0.15, 0.2) is 0 Å². The number of benzene rings is 2. The van der Waals surface area contributed by atoms with Crippen molar-refractivity contribution in [2.75, 3.05) is 11.9 Å². The van der Waals surface area contributed by atoms with Crippen LogP contribution in [0.25, 0.3) is 5.70 Å². The zero-order valence-corrected chi connectivity index (χ0v) is 15.1. The summed E-state index contributed by atoms with van der Waals surface area (Å²) in [5, 5.41) is 15.4. The highest BCUT2D eigenvalue weighted by atomic mass is 16.5. The van der Waals surface area contributed by atoms with Gasteiger partial charge in [-0.2, -0.15) is 4.68 Å². The monoisotopic (exact) mass is 347 g/mol. The lowest BCUT2D eigenvalue weighted by Gasteiger charge is -2.24. The number of allylic oxidation sites excluding steroid dienone is 1. The first-order valence-electron chi connectivity index (χ1n) is 8.73. The van der Waals surface area contributed by atoms with Gasteiger partial charge < -0.3 is 10.1 Å². The Morgan fingerprint density at radius 3 is 2.62 bits per heavy atom. The molecule has 2 aromatic carbocycles. The van der Waals surface area contributed by atoms with E-state index in [2.05, 4.69) is 71.1 Å². The van der Waals surface area contributed by atoms with Gasteiger partial charge in [-0.3, -0.25) is 0 Å². The first kappa shape index (κ1) is 16.3. The first-order chi connectivity index (χ1) is 12.7. The largest absolute Gasteiger partial charge is 0.494 e. The third kappa shape index (κ3) is 2.94. The summed E-state index contributed by atoms with van der Waals surface area (Å²) in [5.74, 6) is 1.50. The number of ether oxygens (including phenoxy) is 1. The Hall–Kier alpha value is -3.15. The number of nitrogens with one attached hydrogen (secondary N) is 1. The molecule has 6 nitrogen and oxygen atoms in total. The second-order valence-electron chi connectivity index (χ2n) is 6.40. The predicted molar refractivity (Wildman–Crippen MR) is 101 cm³/mol. The second kappa shape index (κ2) is 6.63. The molecule has 0 amide bonds. The van der Waals surface area contributed by atoms with Crippen molar-refractivity contribution in [2.24, 2.45) is 0 Å². The summed E-state index contributed by atoms with van der Waals surface area (Å²) in [6.45, 7) is 6.87. The summed E-state index contributed by atoms with van der Waals surface area (Å²) >= 11 is 0. The standard InChI is InChI=1S/C20H21N5O/c1-4-26-17-9-7-15(8-10-17)19-12-18(21-20-22-23-24-25(19)20)16-6-5-13(2)14(3)11-16/h5-12,19H,4H2,1-3H3,(H,21,22,24). The smallest absolute Gasteiger partial charge is 0.248 e. The topological polar surface area (TPSA) is 64.9 Å². The summed E-state index contributed by atoms with van der Waals surface area (Å²) < 4.78 is 7.33. The van der Waals surface area contributed by atoms with Crippen molar-refractivity contribution in [2.45, 2.75) is 26.8 Å². The highest BCUT2D eigenvalue weighted by Gasteiger charge is 2.24. The minimum absolute atomic E-state index is 0.0754. The van der Waals surface area contributed by atoms with Gasteiger partial charge in [-0.15, -0.1) is 0 Å². The zero-order chi connectivity index (χ0) is 18.1. The molecule has 0 saturated heterocycles. The van der Waals surface area contributed by atoms with Crippen molar-refractivity contribution < 1.29 is 4.74 Å². The SMILES string of the molecule is CCOc1ccc(C2C=C(c3ccc(C)c(C)c3)Nc3nnnn32)cc1. The minimum Gasteiger partial charge on any atom is -0.494 e. The highest BCUT2D eigenvalue weighted by Crippen LogP contribution is 2.32. The van der Waals surface area contributed by atoms with E-state index in [1.165, 1.54) is 11.1 Å². The number of aromatic nitrogens is 4. The first-order valence-corrected chi connectivity index (χ1v) is 8.73. The molecule has 1 N–H and O–H groups in total. The molecule has 1 aliphatic rings. The van der Waals surface area contributed by atoms with E-state index in [1.807, 2.05) is 19.1 Å². The van der Waals surface area contributed by atoms with E-state index >= 15 is 0 Å². The van der Waals surface area contributed by atoms with Crippen LogP contribution in [0.15, 0.2) is 48.5 Å². The molecule has 1 atom stereocenters. The van der Waals surface area contributed by atoms with E-state index in [0.29, 0.717) is 12.6 Å². The van der Waals surface area contributed by atoms with E-state index in [1.54, 1.807) is 4.68 Å². The molecule has 0 saturated carbocycles. The lowest BCUT2D eigenvalue weighted by atomic mass is 9.99. The number of hydrogen-bond donors (Lipinski definition) is 1. The fourth-order valence-electron chi connectivity index (χ4n) is 3.10. The van der Waals surface area contributed by atoms with Gasteiger partial charge in [-0.1, -0.05) is 29.4 Å². The summed E-state index contributed by atoms with van der Waals surface area (Å²) in [5.41, 5.74) is 5.77. The van der Waals surface area contributed by atoms with Crippen LogP contribution in [-0.2, 0) is 0 Å². The molecule has 6 heteroatoms. The average molecular weight is 347 g/mol. The fraction of sp³-hybridized carbons (Fsp3) is 0.250. The van der Waals surface area contributed by atoms with Crippen molar-refractivity contribution in [3.8, 4) is 5.75 Å². The molecular weight excluding hydrogens is 326 g/mol. The minimum atomic E-state index is -0.0754. The lowest BCUT2D eigenvalue weighted by Crippen LogP contribution is -2.20. The Bertz CT molecular complexity index is 959. The van der Waals surface area contributed by atoms with Crippen LogP contribution in [0.3, 0.4) is 0 Å². The van der Waals surface area contributed by atoms with Gasteiger partial charge >= 0.3 is 0 Å². The van der Waals surface area contributed by atoms with E-state index in [9.17, 15) is 0 Å². The number of tetrazole rings is 1. The molecule has 26 heavy (non-hydrogen) atoms. The Morgan fingerprint density at radius 2 is 1.88 bits per heavy atom. The van der Waals surface area contributed by atoms with Gasteiger partial charge in [0.2, 0.25) is 5.95 Å². The molecule has 1 aromatic heterocycles. The number of aryl methyl sites for hydroxylation is 2. The molecule has 1 aliphatic heterocycles. The summed E-state index contributed by atoms with van der Waals surface area (Å²) in [7, 11) is 0. The molecule has 0 radical (unpaired) electrons. The second-order valence-corrected chi connectivity index (χ2v) is 6.40. The molecule has 2 heterocycles. The van der Waals surface area contributed by atoms with Crippen molar-refractivity contribution in [3.05, 3.63) is 70.8 Å². The van der Waals surface area contributed by atoms with Crippen LogP contribution >= 0.6 is 0 Å². The molecule has 1 unspecified atom stereocenters. The normalized spacial score (nSPS) is 15.8. The molecule has 0 bridgehead atoms. The van der Waals surface area contributed by atoms with E-state index in [-0.39, 0.29) is 6.04 Å². The summed E-state index contributed by atoms with van der Waals surface area (Å²) in [6, 6.07) is 14.4. The molecule has 3 aromatic rings. The lowest BCUT2D eigenvalue weighted by molar-refractivity contribution is 0.340. The number of fused-ring (bicyclic) bond motifs is 1. The molecular formula is C20H21N5O. The van der Waals surface area contributed by atoms with Gasteiger partial charge in [0.1, 0.15) is 11.8 Å². The maximum Gasteiger partial charge on any atom is 0.248 e. The molecule has 0 spiro atoms. The molecule has 4 rings (SSSR count). The molecule has 132 valence electrons. The summed E-state index contributed by atoms with van der Waals surface area (Å²) in [4.78, 5) is 0. The van der Waals surface area contributed by atoms with Gasteiger partial charge in [0.05, 0.1) is 6.61 Å². The van der Waals surface area contributed by atoms with Crippen molar-refractivity contribution >= 4 is 11.6 Å². The van der Waals surface area contributed by atoms with Crippen LogP contribution in [-0.4, -0.2) is 26.8 Å². The Labute approximate surface area is 152 Å². The molecule has 0 fully saturated rings. The van der Waals surface area contributed by atoms with Crippen molar-refractivity contribution in [1.82, 2.24) is 20.2 Å². The van der Waals surface area contributed by atoms with E-state index in [4.69, 9.17) is 4.74 Å². The Kier molecular flexibility index (Phi) is 4.16. The van der Waals surface area contributed by atoms with Crippen LogP contribution in [0.1, 0.15) is 35.2 Å². The van der Waals surface area contributed by atoms with Gasteiger partial charge in [0.25, 0.3) is 0 Å². The van der Waals surface area contributed by atoms with Gasteiger partial charge in [-0.25, -0.2) is 0 Å². The maximum absolute atomic E-state index is 5.54. The van der Waals surface area contributed by atoms with Gasteiger partial charge in [0, 0.05) is 5.70 Å².